The lowest BCUT2D eigenvalue weighted by Crippen LogP contribution is -1.96. The number of nitrogens with zero attached hydrogens (tertiary/aromatic N) is 1. The Hall–Kier alpha value is -1.46. The minimum atomic E-state index is -0.690. The Kier molecular flexibility index (Phi) is 3.93. The predicted molar refractivity (Wildman–Crippen MR) is 65.4 cm³/mol. The summed E-state index contributed by atoms with van der Waals surface area (Å²) >= 11 is 1.07. The van der Waals surface area contributed by atoms with Gasteiger partial charge in [-0.25, -0.2) is 13.8 Å². The maximum atomic E-state index is 13.5. The molecule has 0 unspecified atom stereocenters. The minimum absolute atomic E-state index is 0.275. The van der Waals surface area contributed by atoms with Crippen LogP contribution in [0.4, 0.5) is 8.78 Å². The smallest absolute Gasteiger partial charge is 0.140 e. The molecule has 0 spiro atoms. The highest BCUT2D eigenvalue weighted by Gasteiger charge is 2.12. The topological polar surface area (TPSA) is 33.1 Å². The first-order valence-electron chi connectivity index (χ1n) is 5.34. The summed E-state index contributed by atoms with van der Waals surface area (Å²) in [7, 11) is 0. The van der Waals surface area contributed by atoms with E-state index in [0.717, 1.165) is 17.8 Å². The molecule has 2 nitrogen and oxygen atoms in total. The molecule has 0 fully saturated rings. The third-order valence-corrected chi connectivity index (χ3v) is 3.44. The Bertz CT molecular complexity index is 560. The molecule has 0 aliphatic rings. The molecule has 5 heteroatoms. The zero-order valence-electron chi connectivity index (χ0n) is 9.60. The van der Waals surface area contributed by atoms with Crippen LogP contribution < -0.4 is 0 Å². The van der Waals surface area contributed by atoms with E-state index in [1.165, 1.54) is 12.1 Å². The van der Waals surface area contributed by atoms with Crippen molar-refractivity contribution in [2.45, 2.75) is 22.9 Å². The van der Waals surface area contributed by atoms with E-state index in [1.807, 2.05) is 0 Å². The third-order valence-electron chi connectivity index (χ3n) is 2.35. The molecule has 0 bridgehead atoms. The Morgan fingerprint density at radius 3 is 2.72 bits per heavy atom. The number of pyridine rings is 1. The molecule has 94 valence electrons. The molecule has 0 saturated carbocycles. The van der Waals surface area contributed by atoms with Crippen molar-refractivity contribution in [3.8, 4) is 0 Å². The third kappa shape index (κ3) is 2.86. The van der Waals surface area contributed by atoms with Gasteiger partial charge < -0.3 is 5.11 Å². The van der Waals surface area contributed by atoms with Gasteiger partial charge in [-0.2, -0.15) is 0 Å². The molecule has 0 amide bonds. The quantitative estimate of drug-likeness (QED) is 0.923. The highest BCUT2D eigenvalue weighted by molar-refractivity contribution is 7.99. The molecule has 0 radical (unpaired) electrons. The van der Waals surface area contributed by atoms with Crippen molar-refractivity contribution in [1.82, 2.24) is 4.98 Å². The first-order chi connectivity index (χ1) is 8.58. The number of aliphatic hydroxyl groups is 1. The second kappa shape index (κ2) is 5.46. The van der Waals surface area contributed by atoms with Gasteiger partial charge in [0.2, 0.25) is 0 Å². The van der Waals surface area contributed by atoms with E-state index in [9.17, 15) is 13.9 Å². The first-order valence-corrected chi connectivity index (χ1v) is 6.15. The van der Waals surface area contributed by atoms with Gasteiger partial charge in [0.1, 0.15) is 16.7 Å². The maximum absolute atomic E-state index is 13.5. The monoisotopic (exact) mass is 267 g/mol. The van der Waals surface area contributed by atoms with Crippen LogP contribution in [0.1, 0.15) is 18.6 Å². The minimum Gasteiger partial charge on any atom is -0.389 e. The molecular formula is C13H11F2NOS. The second-order valence-electron chi connectivity index (χ2n) is 3.75. The first kappa shape index (κ1) is 13.0. The Labute approximate surface area is 108 Å². The standard InChI is InChI=1S/C13H11F2NOS/c1-8(17)10-3-2-6-16-13(10)18-12-5-4-9(14)7-11(12)15/h2-8,17H,1H3/t8-/m0/s1. The van der Waals surface area contributed by atoms with Crippen LogP contribution in [0.25, 0.3) is 0 Å². The van der Waals surface area contributed by atoms with Gasteiger partial charge in [0.25, 0.3) is 0 Å². The molecular weight excluding hydrogens is 256 g/mol. The summed E-state index contributed by atoms with van der Waals surface area (Å²) in [5.41, 5.74) is 0.617. The van der Waals surface area contributed by atoms with Gasteiger partial charge >= 0.3 is 0 Å². The molecule has 0 aliphatic heterocycles. The van der Waals surface area contributed by atoms with Crippen LogP contribution in [-0.4, -0.2) is 10.1 Å². The van der Waals surface area contributed by atoms with Gasteiger partial charge in [-0.15, -0.1) is 0 Å². The normalized spacial score (nSPS) is 12.4. The summed E-state index contributed by atoms with van der Waals surface area (Å²) < 4.78 is 26.3. The van der Waals surface area contributed by atoms with Crippen LogP contribution in [-0.2, 0) is 0 Å². The number of rotatable bonds is 3. The number of benzene rings is 1. The molecule has 1 aromatic carbocycles. The molecule has 1 atom stereocenters. The van der Waals surface area contributed by atoms with Crippen LogP contribution in [0.3, 0.4) is 0 Å². The zero-order chi connectivity index (χ0) is 13.1. The summed E-state index contributed by atoms with van der Waals surface area (Å²) in [6.07, 6.45) is 0.875. The zero-order valence-corrected chi connectivity index (χ0v) is 10.4. The molecule has 0 aliphatic carbocycles. The van der Waals surface area contributed by atoms with Crippen molar-refractivity contribution in [3.63, 3.8) is 0 Å². The SMILES string of the molecule is C[C@H](O)c1cccnc1Sc1ccc(F)cc1F. The number of aliphatic hydroxyl groups excluding tert-OH is 1. The molecule has 2 aromatic rings. The fraction of sp³-hybridized carbons (Fsp3) is 0.154. The van der Waals surface area contributed by atoms with Crippen molar-refractivity contribution < 1.29 is 13.9 Å². The van der Waals surface area contributed by atoms with Gasteiger partial charge in [-0.05, 0) is 25.1 Å². The maximum Gasteiger partial charge on any atom is 0.140 e. The summed E-state index contributed by atoms with van der Waals surface area (Å²) in [4.78, 5) is 4.38. The van der Waals surface area contributed by atoms with Crippen molar-refractivity contribution in [2.24, 2.45) is 0 Å². The van der Waals surface area contributed by atoms with Crippen molar-refractivity contribution >= 4 is 11.8 Å². The van der Waals surface area contributed by atoms with Gasteiger partial charge in [-0.1, -0.05) is 17.8 Å². The van der Waals surface area contributed by atoms with E-state index in [0.29, 0.717) is 10.6 Å². The lowest BCUT2D eigenvalue weighted by molar-refractivity contribution is 0.195. The van der Waals surface area contributed by atoms with Crippen molar-refractivity contribution in [1.29, 1.82) is 0 Å². The second-order valence-corrected chi connectivity index (χ2v) is 4.78. The summed E-state index contributed by atoms with van der Waals surface area (Å²) in [5.74, 6) is -1.25. The highest BCUT2D eigenvalue weighted by Crippen LogP contribution is 2.33. The molecule has 1 N–H and O–H groups in total. The molecule has 18 heavy (non-hydrogen) atoms. The van der Waals surface area contributed by atoms with Gasteiger partial charge in [0, 0.05) is 22.7 Å². The van der Waals surface area contributed by atoms with Gasteiger partial charge in [-0.3, -0.25) is 0 Å². The van der Waals surface area contributed by atoms with E-state index < -0.39 is 17.7 Å². The number of halogens is 2. The largest absolute Gasteiger partial charge is 0.389 e. The Morgan fingerprint density at radius 1 is 1.28 bits per heavy atom. The summed E-state index contributed by atoms with van der Waals surface area (Å²) in [5, 5.41) is 10.1. The summed E-state index contributed by atoms with van der Waals surface area (Å²) in [6, 6.07) is 6.80. The van der Waals surface area contributed by atoms with Crippen LogP contribution in [0.5, 0.6) is 0 Å². The fourth-order valence-corrected chi connectivity index (χ4v) is 2.44. The van der Waals surface area contributed by atoms with Crippen molar-refractivity contribution in [2.75, 3.05) is 0 Å². The average molecular weight is 267 g/mol. The number of hydrogen-bond donors (Lipinski definition) is 1. The average Bonchev–Trinajstić information content (AvgIpc) is 2.33. The van der Waals surface area contributed by atoms with E-state index in [1.54, 1.807) is 25.3 Å². The van der Waals surface area contributed by atoms with E-state index in [2.05, 4.69) is 4.98 Å². The van der Waals surface area contributed by atoms with Gasteiger partial charge in [0.15, 0.2) is 0 Å². The van der Waals surface area contributed by atoms with E-state index in [4.69, 9.17) is 0 Å². The molecule has 1 aromatic heterocycles. The highest BCUT2D eigenvalue weighted by atomic mass is 32.2. The van der Waals surface area contributed by atoms with E-state index in [-0.39, 0.29) is 4.90 Å². The molecule has 1 heterocycles. The van der Waals surface area contributed by atoms with Crippen LogP contribution in [0, 0.1) is 11.6 Å². The van der Waals surface area contributed by atoms with Crippen LogP contribution in [0.2, 0.25) is 0 Å². The Morgan fingerprint density at radius 2 is 2.06 bits per heavy atom. The summed E-state index contributed by atoms with van der Waals surface area (Å²) in [6.45, 7) is 1.61. The number of hydrogen-bond acceptors (Lipinski definition) is 3. The molecule has 2 rings (SSSR count). The predicted octanol–water partition coefficient (Wildman–Crippen LogP) is 3.56. The lowest BCUT2D eigenvalue weighted by Gasteiger charge is -2.10. The van der Waals surface area contributed by atoms with Gasteiger partial charge in [0.05, 0.1) is 6.10 Å². The lowest BCUT2D eigenvalue weighted by atomic mass is 10.2. The van der Waals surface area contributed by atoms with Crippen LogP contribution >= 0.6 is 11.8 Å². The molecule has 0 saturated heterocycles. The number of aromatic nitrogens is 1. The fourth-order valence-electron chi connectivity index (χ4n) is 1.47. The van der Waals surface area contributed by atoms with E-state index >= 15 is 0 Å². The van der Waals surface area contributed by atoms with Crippen molar-refractivity contribution in [3.05, 3.63) is 53.7 Å². The Balaban J connectivity index is 2.34. The van der Waals surface area contributed by atoms with Crippen LogP contribution in [0.15, 0.2) is 46.5 Å².